The first-order chi connectivity index (χ1) is 9.35. The van der Waals surface area contributed by atoms with Gasteiger partial charge in [-0.25, -0.2) is 12.7 Å². The summed E-state index contributed by atoms with van der Waals surface area (Å²) in [6.07, 6.45) is 0.892. The minimum atomic E-state index is -3.59. The van der Waals surface area contributed by atoms with Crippen molar-refractivity contribution in [2.45, 2.75) is 17.4 Å². The van der Waals surface area contributed by atoms with Crippen molar-refractivity contribution in [2.75, 3.05) is 34.2 Å². The number of amides is 1. The molecule has 0 aliphatic carbocycles. The Balaban J connectivity index is 2.30. The van der Waals surface area contributed by atoms with Crippen LogP contribution in [0, 0.1) is 0 Å². The molecule has 1 fully saturated rings. The van der Waals surface area contributed by atoms with Gasteiger partial charge in [0.2, 0.25) is 10.0 Å². The van der Waals surface area contributed by atoms with Gasteiger partial charge in [-0.05, 0) is 24.4 Å². The molecule has 1 aliphatic heterocycles. The maximum absolute atomic E-state index is 12.5. The monoisotopic (exact) mass is 317 g/mol. The van der Waals surface area contributed by atoms with Gasteiger partial charge in [0.05, 0.1) is 0 Å². The van der Waals surface area contributed by atoms with Gasteiger partial charge in [-0.1, -0.05) is 0 Å². The van der Waals surface area contributed by atoms with E-state index in [1.165, 1.54) is 31.5 Å². The average molecular weight is 317 g/mol. The zero-order valence-electron chi connectivity index (χ0n) is 11.8. The lowest BCUT2D eigenvalue weighted by molar-refractivity contribution is 0.0745. The molecular formula is C12H19N3O3S2. The lowest BCUT2D eigenvalue weighted by Crippen LogP contribution is -2.38. The van der Waals surface area contributed by atoms with Crippen LogP contribution in [0.3, 0.4) is 0 Å². The van der Waals surface area contributed by atoms with Gasteiger partial charge in [0.25, 0.3) is 5.91 Å². The van der Waals surface area contributed by atoms with Crippen molar-refractivity contribution in [1.82, 2.24) is 14.5 Å². The fraction of sp³-hybridized carbons (Fsp3) is 0.583. The Kier molecular flexibility index (Phi) is 4.48. The first-order valence-corrected chi connectivity index (χ1v) is 8.65. The predicted octanol–water partition coefficient (Wildman–Crippen LogP) is 0.432. The molecule has 1 aliphatic rings. The van der Waals surface area contributed by atoms with Gasteiger partial charge in [-0.3, -0.25) is 4.79 Å². The van der Waals surface area contributed by atoms with Crippen LogP contribution >= 0.6 is 11.3 Å². The molecule has 20 heavy (non-hydrogen) atoms. The van der Waals surface area contributed by atoms with Crippen molar-refractivity contribution in [3.63, 3.8) is 0 Å². The fourth-order valence-electron chi connectivity index (χ4n) is 2.15. The Morgan fingerprint density at radius 3 is 2.65 bits per heavy atom. The smallest absolute Gasteiger partial charge is 0.265 e. The second-order valence-electron chi connectivity index (χ2n) is 4.96. The molecule has 0 saturated carbocycles. The molecule has 1 atom stereocenters. The molecule has 0 radical (unpaired) electrons. The van der Waals surface area contributed by atoms with Crippen LogP contribution in [0.15, 0.2) is 16.3 Å². The molecule has 1 amide bonds. The first kappa shape index (κ1) is 15.4. The summed E-state index contributed by atoms with van der Waals surface area (Å²) in [5, 5.41) is 4.84. The van der Waals surface area contributed by atoms with E-state index in [1.54, 1.807) is 17.3 Å². The summed E-state index contributed by atoms with van der Waals surface area (Å²) in [4.78, 5) is 14.5. The topological polar surface area (TPSA) is 69.7 Å². The van der Waals surface area contributed by atoms with Crippen molar-refractivity contribution in [1.29, 1.82) is 0 Å². The fourth-order valence-corrected chi connectivity index (χ4v) is 4.42. The highest BCUT2D eigenvalue weighted by Gasteiger charge is 2.30. The first-order valence-electron chi connectivity index (χ1n) is 6.33. The summed E-state index contributed by atoms with van der Waals surface area (Å²) >= 11 is 1.17. The summed E-state index contributed by atoms with van der Waals surface area (Å²) in [7, 11) is 1.07. The van der Waals surface area contributed by atoms with Crippen LogP contribution in [0.4, 0.5) is 0 Å². The number of rotatable bonds is 4. The van der Waals surface area contributed by atoms with Gasteiger partial charge >= 0.3 is 0 Å². The maximum atomic E-state index is 12.5. The van der Waals surface area contributed by atoms with Crippen LogP contribution in [0.25, 0.3) is 0 Å². The van der Waals surface area contributed by atoms with Crippen LogP contribution < -0.4 is 5.32 Å². The minimum Gasteiger partial charge on any atom is -0.337 e. The van der Waals surface area contributed by atoms with Gasteiger partial charge in [-0.15, -0.1) is 11.3 Å². The molecule has 1 aromatic rings. The molecule has 1 aromatic heterocycles. The summed E-state index contributed by atoms with van der Waals surface area (Å²) < 4.78 is 25.6. The quantitative estimate of drug-likeness (QED) is 0.874. The zero-order valence-corrected chi connectivity index (χ0v) is 13.4. The third kappa shape index (κ3) is 2.73. The largest absolute Gasteiger partial charge is 0.337 e. The highest BCUT2D eigenvalue weighted by Crippen LogP contribution is 2.26. The summed E-state index contributed by atoms with van der Waals surface area (Å²) in [6.45, 7) is 1.64. The van der Waals surface area contributed by atoms with Gasteiger partial charge in [0, 0.05) is 33.7 Å². The molecule has 112 valence electrons. The van der Waals surface area contributed by atoms with E-state index in [0.717, 1.165) is 23.8 Å². The lowest BCUT2D eigenvalue weighted by Gasteiger charge is -2.24. The van der Waals surface area contributed by atoms with Gasteiger partial charge < -0.3 is 10.2 Å². The Morgan fingerprint density at radius 2 is 2.10 bits per heavy atom. The summed E-state index contributed by atoms with van der Waals surface area (Å²) in [5.74, 6) is -0.228. The van der Waals surface area contributed by atoms with E-state index in [2.05, 4.69) is 5.32 Å². The number of nitrogens with zero attached hydrogens (tertiary/aromatic N) is 2. The van der Waals surface area contributed by atoms with Gasteiger partial charge in [-0.2, -0.15) is 0 Å². The van der Waals surface area contributed by atoms with Gasteiger partial charge in [0.15, 0.2) is 0 Å². The number of carbonyl (C=O) groups excluding carboxylic acids is 1. The minimum absolute atomic E-state index is 0.0929. The van der Waals surface area contributed by atoms with E-state index in [4.69, 9.17) is 0 Å². The SMILES string of the molecule is CN(C(=O)c1sccc1S(=O)(=O)N(C)C)C1CCNC1. The Bertz CT molecular complexity index is 589. The number of sulfonamides is 1. The second-order valence-corrected chi connectivity index (χ2v) is 8.00. The Labute approximate surface area is 123 Å². The molecule has 1 saturated heterocycles. The highest BCUT2D eigenvalue weighted by atomic mass is 32.2. The second kappa shape index (κ2) is 5.80. The normalized spacial score (nSPS) is 19.5. The molecule has 6 nitrogen and oxygen atoms in total. The van der Waals surface area contributed by atoms with Crippen LogP contribution in [0.1, 0.15) is 16.1 Å². The van der Waals surface area contributed by atoms with E-state index in [0.29, 0.717) is 0 Å². The number of hydrogen-bond acceptors (Lipinski definition) is 5. The van der Waals surface area contributed by atoms with Crippen molar-refractivity contribution < 1.29 is 13.2 Å². The standard InChI is InChI=1S/C12H19N3O3S2/c1-14(2)20(17,18)10-5-7-19-11(10)12(16)15(3)9-4-6-13-8-9/h5,7,9,13H,4,6,8H2,1-3H3. The van der Waals surface area contributed by atoms with Crippen LogP contribution in [-0.4, -0.2) is 63.8 Å². The summed E-state index contributed by atoms with van der Waals surface area (Å²) in [6, 6.07) is 1.62. The molecular weight excluding hydrogens is 298 g/mol. The molecule has 8 heteroatoms. The van der Waals surface area contributed by atoms with Crippen molar-refractivity contribution in [3.8, 4) is 0 Å². The predicted molar refractivity (Wildman–Crippen MR) is 78.6 cm³/mol. The van der Waals surface area contributed by atoms with E-state index in [1.807, 2.05) is 0 Å². The van der Waals surface area contributed by atoms with E-state index < -0.39 is 10.0 Å². The average Bonchev–Trinajstić information content (AvgIpc) is 3.07. The highest BCUT2D eigenvalue weighted by molar-refractivity contribution is 7.89. The molecule has 0 bridgehead atoms. The van der Waals surface area contributed by atoms with Crippen LogP contribution in [-0.2, 0) is 10.0 Å². The lowest BCUT2D eigenvalue weighted by atomic mass is 10.2. The number of nitrogens with one attached hydrogen (secondary N) is 1. The van der Waals surface area contributed by atoms with Crippen molar-refractivity contribution in [2.24, 2.45) is 0 Å². The Hall–Kier alpha value is -0.960. The summed E-state index contributed by atoms with van der Waals surface area (Å²) in [5.41, 5.74) is 0. The zero-order chi connectivity index (χ0) is 14.9. The third-order valence-corrected chi connectivity index (χ3v) is 6.37. The van der Waals surface area contributed by atoms with E-state index in [9.17, 15) is 13.2 Å². The number of thiophene rings is 1. The van der Waals surface area contributed by atoms with Crippen molar-refractivity contribution >= 4 is 27.3 Å². The molecule has 2 rings (SSSR count). The maximum Gasteiger partial charge on any atom is 0.265 e. The molecule has 0 spiro atoms. The molecule has 1 unspecified atom stereocenters. The van der Waals surface area contributed by atoms with E-state index >= 15 is 0 Å². The third-order valence-electron chi connectivity index (χ3n) is 3.48. The van der Waals surface area contributed by atoms with Crippen LogP contribution in [0.2, 0.25) is 0 Å². The Morgan fingerprint density at radius 1 is 1.40 bits per heavy atom. The molecule has 2 heterocycles. The molecule has 0 aromatic carbocycles. The van der Waals surface area contributed by atoms with Crippen LogP contribution in [0.5, 0.6) is 0 Å². The number of likely N-dealkylation sites (N-methyl/N-ethyl adjacent to an activating group) is 1. The molecule has 1 N–H and O–H groups in total. The van der Waals surface area contributed by atoms with Crippen molar-refractivity contribution in [3.05, 3.63) is 16.3 Å². The van der Waals surface area contributed by atoms with E-state index in [-0.39, 0.29) is 21.7 Å². The number of carbonyl (C=O) groups is 1. The number of hydrogen-bond donors (Lipinski definition) is 1. The van der Waals surface area contributed by atoms with Gasteiger partial charge in [0.1, 0.15) is 9.77 Å².